The summed E-state index contributed by atoms with van der Waals surface area (Å²) in [5.41, 5.74) is 5.77. The Balaban J connectivity index is 1.75. The number of carbonyl (C=O) groups excluding carboxylic acids is 2. The molecule has 1 aromatic rings. The zero-order chi connectivity index (χ0) is 16.7. The quantitative estimate of drug-likeness (QED) is 0.672. The van der Waals surface area contributed by atoms with E-state index in [2.05, 4.69) is 10.6 Å². The van der Waals surface area contributed by atoms with Gasteiger partial charge in [0.1, 0.15) is 0 Å². The summed E-state index contributed by atoms with van der Waals surface area (Å²) in [5, 5.41) is 6.19. The van der Waals surface area contributed by atoms with Crippen LogP contribution in [0.4, 0.5) is 0 Å². The molecule has 1 aliphatic heterocycles. The first-order chi connectivity index (χ1) is 11.1. The topological polar surface area (TPSA) is 93.5 Å². The number of nitrogens with one attached hydrogen (secondary N) is 2. The minimum absolute atomic E-state index is 0.0657. The van der Waals surface area contributed by atoms with Crippen LogP contribution in [0.3, 0.4) is 0 Å². The average Bonchev–Trinajstić information content (AvgIpc) is 2.59. The summed E-state index contributed by atoms with van der Waals surface area (Å²) in [7, 11) is 0. The number of rotatable bonds is 6. The standard InChI is InChI=1S/C16H22ClN3O3/c17-13-3-1-12(2-4-13)14(21)19-7-8-20-15(22)16(11-18)5-9-23-10-6-16/h1-4H,5-11,18H2,(H,19,21)(H,20,22). The molecular formula is C16H22ClN3O3. The maximum absolute atomic E-state index is 12.3. The SMILES string of the molecule is NCC1(C(=O)NCCNC(=O)c2ccc(Cl)cc2)CCOCC1. The number of hydrogen-bond donors (Lipinski definition) is 3. The fourth-order valence-electron chi connectivity index (χ4n) is 2.53. The smallest absolute Gasteiger partial charge is 0.251 e. The number of benzene rings is 1. The van der Waals surface area contributed by atoms with Gasteiger partial charge in [-0.3, -0.25) is 9.59 Å². The maximum Gasteiger partial charge on any atom is 0.251 e. The Morgan fingerprint density at radius 3 is 2.35 bits per heavy atom. The van der Waals surface area contributed by atoms with Crippen molar-refractivity contribution in [3.8, 4) is 0 Å². The van der Waals surface area contributed by atoms with Crippen LogP contribution in [0, 0.1) is 5.41 Å². The van der Waals surface area contributed by atoms with Gasteiger partial charge in [-0.1, -0.05) is 11.6 Å². The zero-order valence-electron chi connectivity index (χ0n) is 12.9. The van der Waals surface area contributed by atoms with E-state index in [1.165, 1.54) is 0 Å². The molecule has 7 heteroatoms. The van der Waals surface area contributed by atoms with Gasteiger partial charge < -0.3 is 21.1 Å². The summed E-state index contributed by atoms with van der Waals surface area (Å²) < 4.78 is 5.29. The van der Waals surface area contributed by atoms with Gasteiger partial charge in [0, 0.05) is 43.4 Å². The molecule has 1 aliphatic rings. The van der Waals surface area contributed by atoms with Gasteiger partial charge in [0.25, 0.3) is 5.91 Å². The number of nitrogens with two attached hydrogens (primary N) is 1. The lowest BCUT2D eigenvalue weighted by molar-refractivity contribution is -0.135. The number of amides is 2. The molecule has 1 saturated heterocycles. The molecule has 1 heterocycles. The van der Waals surface area contributed by atoms with Crippen molar-refractivity contribution in [1.82, 2.24) is 10.6 Å². The first kappa shape index (κ1) is 17.7. The molecule has 1 aromatic carbocycles. The van der Waals surface area contributed by atoms with Crippen molar-refractivity contribution in [2.75, 3.05) is 32.8 Å². The van der Waals surface area contributed by atoms with E-state index < -0.39 is 5.41 Å². The highest BCUT2D eigenvalue weighted by atomic mass is 35.5. The van der Waals surface area contributed by atoms with Crippen LogP contribution in [0.25, 0.3) is 0 Å². The minimum Gasteiger partial charge on any atom is -0.381 e. The Hall–Kier alpha value is -1.63. The third-order valence-corrected chi connectivity index (χ3v) is 4.38. The summed E-state index contributed by atoms with van der Waals surface area (Å²) in [4.78, 5) is 24.2. The third kappa shape index (κ3) is 4.67. The molecule has 0 aliphatic carbocycles. The highest BCUT2D eigenvalue weighted by Gasteiger charge is 2.38. The fourth-order valence-corrected chi connectivity index (χ4v) is 2.65. The van der Waals surface area contributed by atoms with Gasteiger partial charge in [0.2, 0.25) is 5.91 Å². The van der Waals surface area contributed by atoms with E-state index in [1.54, 1.807) is 24.3 Å². The summed E-state index contributed by atoms with van der Waals surface area (Å²) in [6.07, 6.45) is 1.26. The van der Waals surface area contributed by atoms with Crippen molar-refractivity contribution in [3.63, 3.8) is 0 Å². The largest absolute Gasteiger partial charge is 0.381 e. The monoisotopic (exact) mass is 339 g/mol. The molecule has 0 saturated carbocycles. The normalized spacial score (nSPS) is 16.6. The lowest BCUT2D eigenvalue weighted by atomic mass is 9.79. The van der Waals surface area contributed by atoms with E-state index >= 15 is 0 Å². The van der Waals surface area contributed by atoms with Crippen LogP contribution < -0.4 is 16.4 Å². The highest BCUT2D eigenvalue weighted by Crippen LogP contribution is 2.29. The first-order valence-electron chi connectivity index (χ1n) is 7.67. The minimum atomic E-state index is -0.543. The van der Waals surface area contributed by atoms with Crippen molar-refractivity contribution >= 4 is 23.4 Å². The Bertz CT molecular complexity index is 542. The predicted octanol–water partition coefficient (Wildman–Crippen LogP) is 0.941. The Morgan fingerprint density at radius 2 is 1.74 bits per heavy atom. The lowest BCUT2D eigenvalue weighted by Gasteiger charge is -2.34. The molecular weight excluding hydrogens is 318 g/mol. The van der Waals surface area contributed by atoms with Crippen LogP contribution in [0.2, 0.25) is 5.02 Å². The second kappa shape index (κ2) is 8.29. The maximum atomic E-state index is 12.3. The number of halogens is 1. The van der Waals surface area contributed by atoms with E-state index in [4.69, 9.17) is 22.1 Å². The van der Waals surface area contributed by atoms with Crippen molar-refractivity contribution in [3.05, 3.63) is 34.9 Å². The van der Waals surface area contributed by atoms with Crippen LogP contribution in [-0.4, -0.2) is 44.7 Å². The van der Waals surface area contributed by atoms with Crippen LogP contribution >= 0.6 is 11.6 Å². The molecule has 126 valence electrons. The second-order valence-corrected chi connectivity index (χ2v) is 6.05. The molecule has 2 rings (SSSR count). The van der Waals surface area contributed by atoms with Gasteiger partial charge in [-0.05, 0) is 37.1 Å². The molecule has 2 amide bonds. The van der Waals surface area contributed by atoms with E-state index in [1.807, 2.05) is 0 Å². The Morgan fingerprint density at radius 1 is 1.13 bits per heavy atom. The second-order valence-electron chi connectivity index (χ2n) is 5.62. The first-order valence-corrected chi connectivity index (χ1v) is 8.05. The van der Waals surface area contributed by atoms with Crippen LogP contribution in [0.1, 0.15) is 23.2 Å². The summed E-state index contributed by atoms with van der Waals surface area (Å²) in [6.45, 7) is 2.13. The van der Waals surface area contributed by atoms with E-state index in [-0.39, 0.29) is 11.8 Å². The van der Waals surface area contributed by atoms with Gasteiger partial charge in [0.05, 0.1) is 5.41 Å². The van der Waals surface area contributed by atoms with Gasteiger partial charge >= 0.3 is 0 Å². The zero-order valence-corrected chi connectivity index (χ0v) is 13.7. The third-order valence-electron chi connectivity index (χ3n) is 4.12. The lowest BCUT2D eigenvalue weighted by Crippen LogP contribution is -2.50. The molecule has 0 atom stereocenters. The van der Waals surface area contributed by atoms with Crippen molar-refractivity contribution in [2.45, 2.75) is 12.8 Å². The number of carbonyl (C=O) groups is 2. The molecule has 4 N–H and O–H groups in total. The Kier molecular flexibility index (Phi) is 6.38. The van der Waals surface area contributed by atoms with Gasteiger partial charge in [-0.25, -0.2) is 0 Å². The number of hydrogen-bond acceptors (Lipinski definition) is 4. The Labute approximate surface area is 140 Å². The van der Waals surface area contributed by atoms with Crippen molar-refractivity contribution in [1.29, 1.82) is 0 Å². The van der Waals surface area contributed by atoms with Crippen LogP contribution in [-0.2, 0) is 9.53 Å². The molecule has 1 fully saturated rings. The molecule has 0 unspecified atom stereocenters. The van der Waals surface area contributed by atoms with Crippen LogP contribution in [0.5, 0.6) is 0 Å². The molecule has 6 nitrogen and oxygen atoms in total. The molecule has 23 heavy (non-hydrogen) atoms. The van der Waals surface area contributed by atoms with E-state index in [0.29, 0.717) is 56.3 Å². The summed E-state index contributed by atoms with van der Waals surface area (Å²) in [5.74, 6) is -0.264. The van der Waals surface area contributed by atoms with E-state index in [0.717, 1.165) is 0 Å². The summed E-state index contributed by atoms with van der Waals surface area (Å²) in [6, 6.07) is 6.63. The predicted molar refractivity (Wildman–Crippen MR) is 88.3 cm³/mol. The van der Waals surface area contributed by atoms with Crippen molar-refractivity contribution in [2.24, 2.45) is 11.1 Å². The van der Waals surface area contributed by atoms with Crippen molar-refractivity contribution < 1.29 is 14.3 Å². The molecule has 0 radical (unpaired) electrons. The molecule has 0 aromatic heterocycles. The van der Waals surface area contributed by atoms with Gasteiger partial charge in [0.15, 0.2) is 0 Å². The molecule has 0 spiro atoms. The average molecular weight is 340 g/mol. The van der Waals surface area contributed by atoms with Gasteiger partial charge in [-0.15, -0.1) is 0 Å². The number of ether oxygens (including phenoxy) is 1. The summed E-state index contributed by atoms with van der Waals surface area (Å²) >= 11 is 5.78. The highest BCUT2D eigenvalue weighted by molar-refractivity contribution is 6.30. The van der Waals surface area contributed by atoms with Gasteiger partial charge in [-0.2, -0.15) is 0 Å². The van der Waals surface area contributed by atoms with E-state index in [9.17, 15) is 9.59 Å². The molecule has 0 bridgehead atoms. The van der Waals surface area contributed by atoms with Crippen LogP contribution in [0.15, 0.2) is 24.3 Å². The fraction of sp³-hybridized carbons (Fsp3) is 0.500.